The first-order valence-corrected chi connectivity index (χ1v) is 5.64. The van der Waals surface area contributed by atoms with E-state index >= 15 is 0 Å². The molecule has 0 amide bonds. The number of rotatable bonds is 1. The lowest BCUT2D eigenvalue weighted by atomic mass is 10.0. The molecule has 0 aliphatic heterocycles. The van der Waals surface area contributed by atoms with Crippen LogP contribution in [0.2, 0.25) is 0 Å². The Morgan fingerprint density at radius 1 is 0.923 bits per heavy atom. The van der Waals surface area contributed by atoms with Crippen LogP contribution in [-0.2, 0) is 0 Å². The minimum Gasteiger partial charge on any atom is -0.412 e. The molecule has 0 unspecified atom stereocenters. The monoisotopic (exact) mass is 208 g/mol. The van der Waals surface area contributed by atoms with Crippen LogP contribution in [0.25, 0.3) is 0 Å². The van der Waals surface area contributed by atoms with Crippen molar-refractivity contribution in [2.45, 2.75) is 62.9 Å². The van der Waals surface area contributed by atoms with Crippen molar-refractivity contribution < 1.29 is 11.0 Å². The van der Waals surface area contributed by atoms with Crippen LogP contribution < -0.4 is 0 Å². The topological polar surface area (TPSA) is 63.0 Å². The Balaban J connectivity index is 0. The third-order valence-electron chi connectivity index (χ3n) is 2.07. The quantitative estimate of drug-likeness (QED) is 0.651. The van der Waals surface area contributed by atoms with E-state index in [-0.39, 0.29) is 11.0 Å². The third kappa shape index (κ3) is 7.35. The van der Waals surface area contributed by atoms with Crippen molar-refractivity contribution in [2.75, 3.05) is 0 Å². The predicted molar refractivity (Wildman–Crippen MR) is 61.4 cm³/mol. The van der Waals surface area contributed by atoms with Crippen LogP contribution >= 0.6 is 11.8 Å². The highest BCUT2D eigenvalue weighted by Gasteiger charge is 2.20. The van der Waals surface area contributed by atoms with Crippen molar-refractivity contribution in [1.29, 1.82) is 0 Å². The standard InChI is InChI=1S/C10H20S.2H2O/c1-10(2,3)11-9-7-5-4-6-8-9;;/h9H,4-8H2,1-3H3;2*1H2. The van der Waals surface area contributed by atoms with Gasteiger partial charge in [0.25, 0.3) is 0 Å². The van der Waals surface area contributed by atoms with E-state index in [9.17, 15) is 0 Å². The van der Waals surface area contributed by atoms with Gasteiger partial charge in [0.2, 0.25) is 0 Å². The van der Waals surface area contributed by atoms with E-state index in [0.717, 1.165) is 5.25 Å². The minimum atomic E-state index is 0. The van der Waals surface area contributed by atoms with E-state index in [1.807, 2.05) is 0 Å². The molecule has 0 saturated heterocycles. The van der Waals surface area contributed by atoms with Crippen LogP contribution in [0, 0.1) is 0 Å². The van der Waals surface area contributed by atoms with E-state index in [1.54, 1.807) is 0 Å². The molecule has 0 aromatic carbocycles. The SMILES string of the molecule is CC(C)(C)SC1CCCCC1.O.O. The fourth-order valence-electron chi connectivity index (χ4n) is 1.68. The van der Waals surface area contributed by atoms with Gasteiger partial charge in [0.1, 0.15) is 0 Å². The number of thioether (sulfide) groups is 1. The van der Waals surface area contributed by atoms with Crippen LogP contribution in [0.4, 0.5) is 0 Å². The molecule has 0 aromatic rings. The number of hydrogen-bond acceptors (Lipinski definition) is 1. The Morgan fingerprint density at radius 2 is 1.38 bits per heavy atom. The molecule has 2 nitrogen and oxygen atoms in total. The molecule has 0 aromatic heterocycles. The molecule has 3 heteroatoms. The maximum atomic E-state index is 2.33. The predicted octanol–water partition coefficient (Wildman–Crippen LogP) is 2.20. The van der Waals surface area contributed by atoms with Gasteiger partial charge < -0.3 is 11.0 Å². The van der Waals surface area contributed by atoms with Gasteiger partial charge in [-0.25, -0.2) is 0 Å². The zero-order valence-corrected chi connectivity index (χ0v) is 9.84. The second-order valence-electron chi connectivity index (χ2n) is 4.49. The van der Waals surface area contributed by atoms with Crippen LogP contribution in [0.3, 0.4) is 0 Å². The maximum Gasteiger partial charge on any atom is 0.00778 e. The van der Waals surface area contributed by atoms with E-state index < -0.39 is 0 Å². The molecule has 1 aliphatic carbocycles. The van der Waals surface area contributed by atoms with Gasteiger partial charge in [-0.15, -0.1) is 0 Å². The molecule has 0 bridgehead atoms. The van der Waals surface area contributed by atoms with Crippen molar-refractivity contribution in [1.82, 2.24) is 0 Å². The summed E-state index contributed by atoms with van der Waals surface area (Å²) in [5.74, 6) is 0. The minimum absolute atomic E-state index is 0. The molecule has 13 heavy (non-hydrogen) atoms. The van der Waals surface area contributed by atoms with E-state index in [0.29, 0.717) is 4.75 Å². The second-order valence-corrected chi connectivity index (χ2v) is 6.62. The van der Waals surface area contributed by atoms with Crippen LogP contribution in [0.5, 0.6) is 0 Å². The highest BCUT2D eigenvalue weighted by atomic mass is 32.2. The van der Waals surface area contributed by atoms with Crippen LogP contribution in [-0.4, -0.2) is 20.9 Å². The van der Waals surface area contributed by atoms with Crippen LogP contribution in [0.1, 0.15) is 52.9 Å². The first-order chi connectivity index (χ1) is 5.08. The lowest BCUT2D eigenvalue weighted by Crippen LogP contribution is -2.17. The largest absolute Gasteiger partial charge is 0.412 e. The zero-order valence-electron chi connectivity index (χ0n) is 9.02. The molecule has 82 valence electrons. The summed E-state index contributed by atoms with van der Waals surface area (Å²) in [5.41, 5.74) is 0. The first kappa shape index (κ1) is 15.7. The van der Waals surface area contributed by atoms with Crippen molar-refractivity contribution >= 4 is 11.8 Å². The van der Waals surface area contributed by atoms with Gasteiger partial charge in [0.05, 0.1) is 0 Å². The lowest BCUT2D eigenvalue weighted by molar-refractivity contribution is 0.512. The highest BCUT2D eigenvalue weighted by molar-refractivity contribution is 8.01. The smallest absolute Gasteiger partial charge is 0.00778 e. The van der Waals surface area contributed by atoms with Gasteiger partial charge in [0.15, 0.2) is 0 Å². The van der Waals surface area contributed by atoms with Gasteiger partial charge in [0, 0.05) is 10.00 Å². The van der Waals surface area contributed by atoms with Crippen molar-refractivity contribution in [2.24, 2.45) is 0 Å². The summed E-state index contributed by atoms with van der Waals surface area (Å²) in [6, 6.07) is 0. The van der Waals surface area contributed by atoms with Crippen LogP contribution in [0.15, 0.2) is 0 Å². The fraction of sp³-hybridized carbons (Fsp3) is 1.00. The fourth-order valence-corrected chi connectivity index (χ4v) is 3.25. The Labute approximate surface area is 86.1 Å². The first-order valence-electron chi connectivity index (χ1n) is 4.76. The molecule has 1 saturated carbocycles. The molecule has 1 fully saturated rings. The normalized spacial score (nSPS) is 18.7. The summed E-state index contributed by atoms with van der Waals surface area (Å²) in [5, 5.41) is 0.962. The lowest BCUT2D eigenvalue weighted by Gasteiger charge is -2.28. The Morgan fingerprint density at radius 3 is 1.77 bits per heavy atom. The van der Waals surface area contributed by atoms with Gasteiger partial charge in [-0.2, -0.15) is 11.8 Å². The van der Waals surface area contributed by atoms with E-state index in [4.69, 9.17) is 0 Å². The maximum absolute atomic E-state index is 2.33. The Bertz CT molecular complexity index is 115. The third-order valence-corrected chi connectivity index (χ3v) is 3.58. The molecule has 0 radical (unpaired) electrons. The van der Waals surface area contributed by atoms with Gasteiger partial charge in [-0.3, -0.25) is 0 Å². The molecule has 0 heterocycles. The summed E-state index contributed by atoms with van der Waals surface area (Å²) in [7, 11) is 0. The summed E-state index contributed by atoms with van der Waals surface area (Å²) in [6.45, 7) is 6.98. The molecule has 0 atom stereocenters. The summed E-state index contributed by atoms with van der Waals surface area (Å²) in [4.78, 5) is 0. The summed E-state index contributed by atoms with van der Waals surface area (Å²) < 4.78 is 0.474. The Kier molecular flexibility index (Phi) is 8.09. The van der Waals surface area contributed by atoms with Gasteiger partial charge in [-0.1, -0.05) is 40.0 Å². The second kappa shape index (κ2) is 6.68. The molecule has 0 spiro atoms. The highest BCUT2D eigenvalue weighted by Crippen LogP contribution is 2.36. The van der Waals surface area contributed by atoms with Gasteiger partial charge in [-0.05, 0) is 12.8 Å². The molecular formula is C10H24O2S. The summed E-state index contributed by atoms with van der Waals surface area (Å²) in [6.07, 6.45) is 7.33. The van der Waals surface area contributed by atoms with E-state index in [2.05, 4.69) is 32.5 Å². The molecule has 1 aliphatic rings. The molecule has 4 N–H and O–H groups in total. The molecular weight excluding hydrogens is 184 g/mol. The average molecular weight is 208 g/mol. The summed E-state index contributed by atoms with van der Waals surface area (Å²) >= 11 is 2.18. The Hall–Kier alpha value is 0.270. The average Bonchev–Trinajstić information content (AvgIpc) is 1.85. The van der Waals surface area contributed by atoms with E-state index in [1.165, 1.54) is 32.1 Å². The zero-order chi connectivity index (χ0) is 8.32. The van der Waals surface area contributed by atoms with Crippen molar-refractivity contribution in [3.8, 4) is 0 Å². The van der Waals surface area contributed by atoms with Crippen molar-refractivity contribution in [3.63, 3.8) is 0 Å². The van der Waals surface area contributed by atoms with Gasteiger partial charge >= 0.3 is 0 Å². The number of hydrogen-bond donors (Lipinski definition) is 0. The van der Waals surface area contributed by atoms with Crippen molar-refractivity contribution in [3.05, 3.63) is 0 Å². The molecule has 1 rings (SSSR count).